The topological polar surface area (TPSA) is 37.8 Å². The van der Waals surface area contributed by atoms with Crippen LogP contribution in [0.2, 0.25) is 0 Å². The van der Waals surface area contributed by atoms with Gasteiger partial charge in [0.15, 0.2) is 0 Å². The van der Waals surface area contributed by atoms with Crippen molar-refractivity contribution in [3.63, 3.8) is 0 Å². The second kappa shape index (κ2) is 5.55. The molecule has 1 atom stereocenters. The van der Waals surface area contributed by atoms with Crippen LogP contribution in [-0.2, 0) is 6.42 Å². The van der Waals surface area contributed by atoms with Crippen molar-refractivity contribution in [3.8, 4) is 0 Å². The molecule has 1 aromatic heterocycles. The summed E-state index contributed by atoms with van der Waals surface area (Å²) in [5.41, 5.74) is 2.54. The zero-order valence-electron chi connectivity index (χ0n) is 10.2. The molecule has 0 aliphatic heterocycles. The fraction of sp³-hybridized carbons (Fsp3) is 0.286. The van der Waals surface area contributed by atoms with E-state index in [4.69, 9.17) is 0 Å². The van der Waals surface area contributed by atoms with Crippen molar-refractivity contribution in [3.05, 3.63) is 59.7 Å². The van der Waals surface area contributed by atoms with Crippen LogP contribution in [0.4, 0.5) is 0 Å². The Morgan fingerprint density at radius 1 is 1.18 bits per heavy atom. The Labute approximate surface area is 102 Å². The Hall–Kier alpha value is -1.74. The van der Waals surface area contributed by atoms with E-state index in [9.17, 15) is 0 Å². The lowest BCUT2D eigenvalue weighted by Gasteiger charge is -2.15. The smallest absolute Gasteiger partial charge is 0.149 e. The van der Waals surface area contributed by atoms with Gasteiger partial charge in [0.25, 0.3) is 0 Å². The number of benzene rings is 1. The van der Waals surface area contributed by atoms with Crippen molar-refractivity contribution in [1.29, 1.82) is 0 Å². The van der Waals surface area contributed by atoms with Crippen molar-refractivity contribution < 1.29 is 0 Å². The molecule has 1 heterocycles. The van der Waals surface area contributed by atoms with E-state index < -0.39 is 0 Å². The van der Waals surface area contributed by atoms with Gasteiger partial charge in [-0.3, -0.25) is 0 Å². The van der Waals surface area contributed by atoms with E-state index in [1.54, 1.807) is 12.4 Å². The molecule has 0 amide bonds. The lowest BCUT2D eigenvalue weighted by atomic mass is 10.0. The first-order valence-corrected chi connectivity index (χ1v) is 5.88. The molecule has 3 nitrogen and oxygen atoms in total. The summed E-state index contributed by atoms with van der Waals surface area (Å²) in [6.45, 7) is 2.16. The number of rotatable bonds is 4. The van der Waals surface area contributed by atoms with E-state index in [-0.39, 0.29) is 6.04 Å². The maximum Gasteiger partial charge on any atom is 0.149 e. The maximum atomic E-state index is 4.31. The van der Waals surface area contributed by atoms with E-state index in [1.807, 2.05) is 13.1 Å². The number of hydrogen-bond donors (Lipinski definition) is 1. The normalized spacial score (nSPS) is 12.4. The number of aromatic nitrogens is 2. The first-order valence-electron chi connectivity index (χ1n) is 5.88. The highest BCUT2D eigenvalue weighted by molar-refractivity contribution is 5.29. The van der Waals surface area contributed by atoms with E-state index in [0.29, 0.717) is 0 Å². The van der Waals surface area contributed by atoms with Crippen molar-refractivity contribution in [2.45, 2.75) is 19.4 Å². The molecule has 17 heavy (non-hydrogen) atoms. The van der Waals surface area contributed by atoms with Crippen LogP contribution >= 0.6 is 0 Å². The molecule has 2 rings (SSSR count). The molecule has 0 radical (unpaired) electrons. The predicted molar refractivity (Wildman–Crippen MR) is 68.8 cm³/mol. The van der Waals surface area contributed by atoms with Crippen LogP contribution < -0.4 is 5.32 Å². The van der Waals surface area contributed by atoms with Gasteiger partial charge in [-0.1, -0.05) is 31.2 Å². The zero-order chi connectivity index (χ0) is 12.1. The lowest BCUT2D eigenvalue weighted by Crippen LogP contribution is -2.20. The SMILES string of the molecule is CCc1cccc(C(NC)c2ncccn2)c1. The third kappa shape index (κ3) is 2.68. The van der Waals surface area contributed by atoms with Gasteiger partial charge in [-0.2, -0.15) is 0 Å². The van der Waals surface area contributed by atoms with Gasteiger partial charge in [-0.25, -0.2) is 9.97 Å². The lowest BCUT2D eigenvalue weighted by molar-refractivity contribution is 0.645. The molecule has 0 aliphatic rings. The van der Waals surface area contributed by atoms with Gasteiger partial charge in [0.05, 0.1) is 6.04 Å². The Bertz CT molecular complexity index is 468. The summed E-state index contributed by atoms with van der Waals surface area (Å²) in [4.78, 5) is 8.62. The molecule has 1 N–H and O–H groups in total. The first-order chi connectivity index (χ1) is 8.35. The second-order valence-corrected chi connectivity index (χ2v) is 3.93. The van der Waals surface area contributed by atoms with Crippen molar-refractivity contribution in [2.24, 2.45) is 0 Å². The molecule has 1 aromatic carbocycles. The molecule has 0 saturated carbocycles. The Morgan fingerprint density at radius 2 is 1.94 bits per heavy atom. The average molecular weight is 227 g/mol. The van der Waals surface area contributed by atoms with Crippen LogP contribution in [0.3, 0.4) is 0 Å². The third-order valence-electron chi connectivity index (χ3n) is 2.83. The quantitative estimate of drug-likeness (QED) is 0.871. The van der Waals surface area contributed by atoms with Crippen molar-refractivity contribution in [2.75, 3.05) is 7.05 Å². The summed E-state index contributed by atoms with van der Waals surface area (Å²) in [7, 11) is 1.93. The standard InChI is InChI=1S/C14H17N3/c1-3-11-6-4-7-12(10-11)13(15-2)14-16-8-5-9-17-14/h4-10,13,15H,3H2,1-2H3. The van der Waals surface area contributed by atoms with Crippen molar-refractivity contribution >= 4 is 0 Å². The molecule has 0 saturated heterocycles. The summed E-state index contributed by atoms with van der Waals surface area (Å²) in [5.74, 6) is 0.809. The molecule has 0 bridgehead atoms. The van der Waals surface area contributed by atoms with E-state index >= 15 is 0 Å². The average Bonchev–Trinajstić information content (AvgIpc) is 2.41. The van der Waals surface area contributed by atoms with Crippen LogP contribution in [0.1, 0.15) is 29.9 Å². The number of aryl methyl sites for hydroxylation is 1. The van der Waals surface area contributed by atoms with Crippen LogP contribution in [0.25, 0.3) is 0 Å². The fourth-order valence-electron chi connectivity index (χ4n) is 1.90. The summed E-state index contributed by atoms with van der Waals surface area (Å²) in [5, 5.41) is 3.26. The number of nitrogens with zero attached hydrogens (tertiary/aromatic N) is 2. The van der Waals surface area contributed by atoms with Gasteiger partial charge in [0.2, 0.25) is 0 Å². The minimum atomic E-state index is 0.0581. The molecule has 0 spiro atoms. The summed E-state index contributed by atoms with van der Waals surface area (Å²) >= 11 is 0. The van der Waals surface area contributed by atoms with Gasteiger partial charge in [0.1, 0.15) is 5.82 Å². The molecule has 3 heteroatoms. The monoisotopic (exact) mass is 227 g/mol. The molecular formula is C14H17N3. The van der Waals surface area contributed by atoms with Gasteiger partial charge in [-0.05, 0) is 30.7 Å². The zero-order valence-corrected chi connectivity index (χ0v) is 10.2. The highest BCUT2D eigenvalue weighted by Crippen LogP contribution is 2.19. The Balaban J connectivity index is 2.35. The van der Waals surface area contributed by atoms with Crippen LogP contribution in [-0.4, -0.2) is 17.0 Å². The summed E-state index contributed by atoms with van der Waals surface area (Å²) in [6.07, 6.45) is 4.59. The second-order valence-electron chi connectivity index (χ2n) is 3.93. The van der Waals surface area contributed by atoms with Gasteiger partial charge in [-0.15, -0.1) is 0 Å². The van der Waals surface area contributed by atoms with Crippen LogP contribution in [0.15, 0.2) is 42.7 Å². The number of hydrogen-bond acceptors (Lipinski definition) is 3. The minimum absolute atomic E-state index is 0.0581. The summed E-state index contributed by atoms with van der Waals surface area (Å²) in [6, 6.07) is 10.4. The molecule has 1 unspecified atom stereocenters. The largest absolute Gasteiger partial charge is 0.307 e. The van der Waals surface area contributed by atoms with E-state index in [1.165, 1.54) is 11.1 Å². The molecule has 88 valence electrons. The maximum absolute atomic E-state index is 4.31. The van der Waals surface area contributed by atoms with Gasteiger partial charge >= 0.3 is 0 Å². The van der Waals surface area contributed by atoms with Gasteiger partial charge < -0.3 is 5.32 Å². The van der Waals surface area contributed by atoms with E-state index in [0.717, 1.165) is 12.2 Å². The minimum Gasteiger partial charge on any atom is -0.307 e. The highest BCUT2D eigenvalue weighted by atomic mass is 15.0. The molecule has 0 fully saturated rings. The number of nitrogens with one attached hydrogen (secondary N) is 1. The summed E-state index contributed by atoms with van der Waals surface area (Å²) < 4.78 is 0. The molecule has 0 aliphatic carbocycles. The van der Waals surface area contributed by atoms with Gasteiger partial charge in [0, 0.05) is 12.4 Å². The Morgan fingerprint density at radius 3 is 2.59 bits per heavy atom. The first kappa shape index (κ1) is 11.7. The fourth-order valence-corrected chi connectivity index (χ4v) is 1.90. The predicted octanol–water partition coefficient (Wildman–Crippen LogP) is 2.35. The third-order valence-corrected chi connectivity index (χ3v) is 2.83. The van der Waals surface area contributed by atoms with Crippen molar-refractivity contribution in [1.82, 2.24) is 15.3 Å². The van der Waals surface area contributed by atoms with Crippen LogP contribution in [0, 0.1) is 0 Å². The van der Waals surface area contributed by atoms with Crippen LogP contribution in [0.5, 0.6) is 0 Å². The Kier molecular flexibility index (Phi) is 3.83. The highest BCUT2D eigenvalue weighted by Gasteiger charge is 2.14. The molecule has 2 aromatic rings. The van der Waals surface area contributed by atoms with E-state index in [2.05, 4.69) is 46.5 Å². The molecular weight excluding hydrogens is 210 g/mol.